The number of rotatable bonds is 8. The topological polar surface area (TPSA) is 47.6 Å². The van der Waals surface area contributed by atoms with E-state index >= 15 is 0 Å². The Morgan fingerprint density at radius 2 is 1.92 bits per heavy atom. The quantitative estimate of drug-likeness (QED) is 0.735. The predicted molar refractivity (Wildman–Crippen MR) is 100 cm³/mol. The summed E-state index contributed by atoms with van der Waals surface area (Å²) in [6.45, 7) is 10.4. The lowest BCUT2D eigenvalue weighted by Crippen LogP contribution is -2.36. The molecule has 0 aliphatic rings. The summed E-state index contributed by atoms with van der Waals surface area (Å²) in [5.41, 5.74) is 2.56. The molecule has 1 N–H and O–H groups in total. The number of benzene rings is 2. The molecule has 25 heavy (non-hydrogen) atoms. The highest BCUT2D eigenvalue weighted by atomic mass is 16.5. The molecule has 0 heterocycles. The van der Waals surface area contributed by atoms with Crippen molar-refractivity contribution in [2.24, 2.45) is 0 Å². The van der Waals surface area contributed by atoms with Gasteiger partial charge in [0.25, 0.3) is 5.91 Å². The van der Waals surface area contributed by atoms with Gasteiger partial charge in [0.1, 0.15) is 24.7 Å². The molecule has 2 rings (SSSR count). The predicted octanol–water partition coefficient (Wildman–Crippen LogP) is 4.15. The molecule has 0 spiro atoms. The second-order valence-electron chi connectivity index (χ2n) is 6.22. The molecule has 1 amide bonds. The minimum Gasteiger partial charge on any atom is -0.491 e. The zero-order chi connectivity index (χ0) is 18.2. The van der Waals surface area contributed by atoms with Crippen LogP contribution < -0.4 is 14.8 Å². The second-order valence-corrected chi connectivity index (χ2v) is 6.22. The Balaban J connectivity index is 1.89. The van der Waals surface area contributed by atoms with Crippen LogP contribution >= 0.6 is 0 Å². The van der Waals surface area contributed by atoms with E-state index in [9.17, 15) is 4.79 Å². The van der Waals surface area contributed by atoms with E-state index in [4.69, 9.17) is 9.47 Å². The van der Waals surface area contributed by atoms with Gasteiger partial charge >= 0.3 is 0 Å². The van der Waals surface area contributed by atoms with Crippen LogP contribution in [0.15, 0.2) is 60.7 Å². The molecule has 4 heteroatoms. The van der Waals surface area contributed by atoms with Crippen LogP contribution in [0.25, 0.3) is 0 Å². The van der Waals surface area contributed by atoms with Crippen LogP contribution in [0.5, 0.6) is 11.5 Å². The van der Waals surface area contributed by atoms with Gasteiger partial charge in [0, 0.05) is 5.56 Å². The zero-order valence-electron chi connectivity index (χ0n) is 15.0. The number of hydrogen-bond acceptors (Lipinski definition) is 3. The normalized spacial score (nSPS) is 11.5. The summed E-state index contributed by atoms with van der Waals surface area (Å²) in [5.74, 6) is 1.33. The summed E-state index contributed by atoms with van der Waals surface area (Å²) in [7, 11) is 0. The first kappa shape index (κ1) is 18.6. The number of carbonyl (C=O) groups excluding carboxylic acids is 1. The Bertz CT molecular complexity index is 739. The van der Waals surface area contributed by atoms with Crippen LogP contribution in [0.1, 0.15) is 29.8 Å². The van der Waals surface area contributed by atoms with Gasteiger partial charge in [-0.1, -0.05) is 30.8 Å². The van der Waals surface area contributed by atoms with Crippen molar-refractivity contribution in [3.05, 3.63) is 71.8 Å². The van der Waals surface area contributed by atoms with Crippen LogP contribution in [-0.4, -0.2) is 25.2 Å². The first-order valence-corrected chi connectivity index (χ1v) is 8.32. The molecular weight excluding hydrogens is 314 g/mol. The smallest absolute Gasteiger partial charge is 0.251 e. The van der Waals surface area contributed by atoms with Crippen LogP contribution in [0.4, 0.5) is 0 Å². The lowest BCUT2D eigenvalue weighted by molar-refractivity contribution is 0.0926. The van der Waals surface area contributed by atoms with Crippen molar-refractivity contribution in [2.45, 2.75) is 26.8 Å². The van der Waals surface area contributed by atoms with Gasteiger partial charge in [-0.05, 0) is 56.2 Å². The van der Waals surface area contributed by atoms with Gasteiger partial charge in [0.2, 0.25) is 0 Å². The second kappa shape index (κ2) is 8.92. The molecule has 0 fully saturated rings. The molecule has 0 aromatic heterocycles. The Kier molecular flexibility index (Phi) is 6.63. The highest BCUT2D eigenvalue weighted by Gasteiger charge is 2.11. The highest BCUT2D eigenvalue weighted by Crippen LogP contribution is 2.17. The van der Waals surface area contributed by atoms with Crippen molar-refractivity contribution in [3.63, 3.8) is 0 Å². The van der Waals surface area contributed by atoms with E-state index in [-0.39, 0.29) is 11.9 Å². The summed E-state index contributed by atoms with van der Waals surface area (Å²) >= 11 is 0. The van der Waals surface area contributed by atoms with Crippen molar-refractivity contribution in [3.8, 4) is 11.5 Å². The Hall–Kier alpha value is -2.75. The van der Waals surface area contributed by atoms with Crippen molar-refractivity contribution in [2.75, 3.05) is 13.2 Å². The summed E-state index contributed by atoms with van der Waals surface area (Å²) in [6, 6.07) is 14.8. The van der Waals surface area contributed by atoms with E-state index in [2.05, 4.69) is 11.9 Å². The van der Waals surface area contributed by atoms with Crippen molar-refractivity contribution >= 4 is 5.91 Å². The van der Waals surface area contributed by atoms with Gasteiger partial charge < -0.3 is 14.8 Å². The lowest BCUT2D eigenvalue weighted by Gasteiger charge is -2.16. The number of carbonyl (C=O) groups is 1. The monoisotopic (exact) mass is 339 g/mol. The largest absolute Gasteiger partial charge is 0.491 e. The van der Waals surface area contributed by atoms with E-state index in [1.165, 1.54) is 0 Å². The van der Waals surface area contributed by atoms with E-state index < -0.39 is 0 Å². The molecule has 0 saturated heterocycles. The molecule has 2 aromatic carbocycles. The third-order valence-electron chi connectivity index (χ3n) is 3.54. The fraction of sp³-hybridized carbons (Fsp3) is 0.286. The summed E-state index contributed by atoms with van der Waals surface area (Å²) < 4.78 is 11.4. The molecule has 0 radical (unpaired) electrons. The number of para-hydroxylation sites is 1. The third-order valence-corrected chi connectivity index (χ3v) is 3.54. The average molecular weight is 339 g/mol. The fourth-order valence-corrected chi connectivity index (χ4v) is 2.22. The molecule has 0 bridgehead atoms. The third kappa shape index (κ3) is 5.99. The van der Waals surface area contributed by atoms with Crippen LogP contribution in [-0.2, 0) is 0 Å². The molecule has 0 aliphatic carbocycles. The van der Waals surface area contributed by atoms with Gasteiger partial charge in [0.05, 0.1) is 6.04 Å². The number of nitrogens with one attached hydrogen (secondary N) is 1. The van der Waals surface area contributed by atoms with E-state index in [0.29, 0.717) is 24.5 Å². The van der Waals surface area contributed by atoms with Crippen molar-refractivity contribution in [1.82, 2.24) is 5.32 Å². The number of amides is 1. The van der Waals surface area contributed by atoms with Crippen LogP contribution in [0.3, 0.4) is 0 Å². The Morgan fingerprint density at radius 1 is 1.16 bits per heavy atom. The molecule has 0 saturated carbocycles. The van der Waals surface area contributed by atoms with E-state index in [0.717, 1.165) is 16.9 Å². The van der Waals surface area contributed by atoms with Gasteiger partial charge in [0.15, 0.2) is 0 Å². The number of ether oxygens (including phenoxy) is 2. The van der Waals surface area contributed by atoms with Crippen molar-refractivity contribution in [1.29, 1.82) is 0 Å². The van der Waals surface area contributed by atoms with E-state index in [1.54, 1.807) is 18.2 Å². The minimum absolute atomic E-state index is 0.118. The Labute approximate surface area is 149 Å². The minimum atomic E-state index is -0.151. The van der Waals surface area contributed by atoms with Crippen molar-refractivity contribution < 1.29 is 14.3 Å². The van der Waals surface area contributed by atoms with Crippen LogP contribution in [0, 0.1) is 6.92 Å². The highest BCUT2D eigenvalue weighted by molar-refractivity contribution is 5.94. The molecule has 132 valence electrons. The molecule has 0 aliphatic heterocycles. The summed E-state index contributed by atoms with van der Waals surface area (Å²) in [5, 5.41) is 2.94. The molecule has 1 atom stereocenters. The summed E-state index contributed by atoms with van der Waals surface area (Å²) in [6.07, 6.45) is 0. The Morgan fingerprint density at radius 3 is 2.64 bits per heavy atom. The van der Waals surface area contributed by atoms with Gasteiger partial charge in [-0.3, -0.25) is 4.79 Å². The maximum atomic E-state index is 12.4. The molecule has 0 unspecified atom stereocenters. The molecule has 4 nitrogen and oxygen atoms in total. The van der Waals surface area contributed by atoms with Crippen LogP contribution in [0.2, 0.25) is 0 Å². The SMILES string of the molecule is C=C(C)COc1cccc(C(=O)N[C@H](C)COc2ccccc2C)c1. The van der Waals surface area contributed by atoms with Gasteiger partial charge in [-0.15, -0.1) is 0 Å². The van der Waals surface area contributed by atoms with Gasteiger partial charge in [-0.2, -0.15) is 0 Å². The zero-order valence-corrected chi connectivity index (χ0v) is 15.0. The van der Waals surface area contributed by atoms with Gasteiger partial charge in [-0.25, -0.2) is 0 Å². The maximum Gasteiger partial charge on any atom is 0.251 e. The maximum absolute atomic E-state index is 12.4. The standard InChI is InChI=1S/C21H25NO3/c1-15(2)13-24-19-10-7-9-18(12-19)21(23)22-17(4)14-25-20-11-6-5-8-16(20)3/h5-12,17H,1,13-14H2,2-4H3,(H,22,23)/t17-/m1/s1. The molecule has 2 aromatic rings. The average Bonchev–Trinajstić information content (AvgIpc) is 2.59. The number of hydrogen-bond donors (Lipinski definition) is 1. The summed E-state index contributed by atoms with van der Waals surface area (Å²) in [4.78, 5) is 12.4. The first-order valence-electron chi connectivity index (χ1n) is 8.32. The first-order chi connectivity index (χ1) is 12.0. The van der Waals surface area contributed by atoms with E-state index in [1.807, 2.05) is 51.1 Å². The fourth-order valence-electron chi connectivity index (χ4n) is 2.22. The lowest BCUT2D eigenvalue weighted by atomic mass is 10.2. The molecular formula is C21H25NO3. The number of aryl methyl sites for hydroxylation is 1.